The first-order valence-corrected chi connectivity index (χ1v) is 5.45. The molecule has 1 amide bonds. The zero-order chi connectivity index (χ0) is 12.3. The van der Waals surface area contributed by atoms with Crippen molar-refractivity contribution in [2.45, 2.75) is 19.0 Å². The van der Waals surface area contributed by atoms with E-state index in [1.165, 1.54) is 11.0 Å². The molecule has 1 aliphatic heterocycles. The first-order chi connectivity index (χ1) is 8.17. The maximum atomic E-state index is 11.7. The summed E-state index contributed by atoms with van der Waals surface area (Å²) in [5.41, 5.74) is 0. The van der Waals surface area contributed by atoms with Gasteiger partial charge in [0.1, 0.15) is 18.9 Å². The number of nitriles is 1. The summed E-state index contributed by atoms with van der Waals surface area (Å²) in [4.78, 5) is 17.6. The van der Waals surface area contributed by atoms with Gasteiger partial charge in [-0.3, -0.25) is 4.79 Å². The number of hydrogen-bond donors (Lipinski definition) is 1. The van der Waals surface area contributed by atoms with E-state index in [4.69, 9.17) is 5.26 Å². The molecule has 7 nitrogen and oxygen atoms in total. The van der Waals surface area contributed by atoms with Gasteiger partial charge in [-0.05, 0) is 20.0 Å². The number of nitrogens with one attached hydrogen (secondary N) is 1. The average Bonchev–Trinajstić information content (AvgIpc) is 2.88. The summed E-state index contributed by atoms with van der Waals surface area (Å²) in [5.74, 6) is -0.0157. The Labute approximate surface area is 99.0 Å². The number of nitrogens with zero attached hydrogens (tertiary/aromatic N) is 5. The molecule has 1 fully saturated rings. The first-order valence-electron chi connectivity index (χ1n) is 5.45. The van der Waals surface area contributed by atoms with E-state index < -0.39 is 0 Å². The Morgan fingerprint density at radius 3 is 3.18 bits per heavy atom. The molecule has 1 aromatic heterocycles. The van der Waals surface area contributed by atoms with Crippen molar-refractivity contribution in [3.63, 3.8) is 0 Å². The van der Waals surface area contributed by atoms with Crippen LogP contribution in [0.4, 0.5) is 0 Å². The average molecular weight is 234 g/mol. The molecule has 0 bridgehead atoms. The number of likely N-dealkylation sites (N-methyl/N-ethyl adjacent to an activating group) is 1. The Bertz CT molecular complexity index is 448. The molecule has 0 aliphatic carbocycles. The smallest absolute Gasteiger partial charge is 0.252 e. The van der Waals surface area contributed by atoms with E-state index in [0.29, 0.717) is 0 Å². The summed E-state index contributed by atoms with van der Waals surface area (Å²) in [5, 5.41) is 15.3. The molecule has 0 aromatic carbocycles. The van der Waals surface area contributed by atoms with E-state index in [1.54, 1.807) is 0 Å². The van der Waals surface area contributed by atoms with E-state index >= 15 is 0 Å². The van der Waals surface area contributed by atoms with Crippen molar-refractivity contribution in [1.29, 1.82) is 5.26 Å². The summed E-state index contributed by atoms with van der Waals surface area (Å²) >= 11 is 0. The van der Waals surface area contributed by atoms with Crippen molar-refractivity contribution in [1.82, 2.24) is 25.0 Å². The topological polar surface area (TPSA) is 86.8 Å². The molecule has 17 heavy (non-hydrogen) atoms. The number of carbonyl (C=O) groups excluding carboxylic acids is 1. The van der Waals surface area contributed by atoms with E-state index in [-0.39, 0.29) is 24.3 Å². The lowest BCUT2D eigenvalue weighted by atomic mass is 10.2. The lowest BCUT2D eigenvalue weighted by molar-refractivity contribution is -0.122. The molecule has 7 heteroatoms. The van der Waals surface area contributed by atoms with Crippen molar-refractivity contribution in [2.75, 3.05) is 20.1 Å². The van der Waals surface area contributed by atoms with Crippen molar-refractivity contribution in [3.05, 3.63) is 12.2 Å². The van der Waals surface area contributed by atoms with Crippen LogP contribution >= 0.6 is 0 Å². The lowest BCUT2D eigenvalue weighted by Gasteiger charge is -2.12. The maximum absolute atomic E-state index is 11.7. The van der Waals surface area contributed by atoms with Crippen LogP contribution in [0.3, 0.4) is 0 Å². The van der Waals surface area contributed by atoms with Crippen LogP contribution in [-0.4, -0.2) is 51.8 Å². The van der Waals surface area contributed by atoms with Crippen molar-refractivity contribution < 1.29 is 4.79 Å². The minimum absolute atomic E-state index is 0.0819. The lowest BCUT2D eigenvalue weighted by Crippen LogP contribution is -2.38. The molecule has 1 saturated heterocycles. The van der Waals surface area contributed by atoms with Gasteiger partial charge >= 0.3 is 0 Å². The van der Waals surface area contributed by atoms with E-state index in [2.05, 4.69) is 20.3 Å². The van der Waals surface area contributed by atoms with Crippen molar-refractivity contribution in [2.24, 2.45) is 0 Å². The predicted octanol–water partition coefficient (Wildman–Crippen LogP) is -1.03. The normalized spacial score (nSPS) is 20.1. The highest BCUT2D eigenvalue weighted by atomic mass is 16.2. The SMILES string of the molecule is CN1CC[C@H](NC(=O)Cn2cnc(C#N)n2)C1. The highest BCUT2D eigenvalue weighted by Crippen LogP contribution is 2.05. The van der Waals surface area contributed by atoms with Gasteiger partial charge in [0.05, 0.1) is 0 Å². The Morgan fingerprint density at radius 1 is 1.76 bits per heavy atom. The van der Waals surface area contributed by atoms with Gasteiger partial charge in [-0.1, -0.05) is 0 Å². The molecule has 0 spiro atoms. The molecule has 1 aliphatic rings. The Balaban J connectivity index is 1.83. The third kappa shape index (κ3) is 3.01. The predicted molar refractivity (Wildman–Crippen MR) is 58.8 cm³/mol. The summed E-state index contributed by atoms with van der Waals surface area (Å²) < 4.78 is 1.37. The maximum Gasteiger partial charge on any atom is 0.252 e. The Kier molecular flexibility index (Phi) is 3.35. The van der Waals surface area contributed by atoms with Gasteiger partial charge in [-0.2, -0.15) is 5.26 Å². The highest BCUT2D eigenvalue weighted by molar-refractivity contribution is 5.76. The standard InChI is InChI=1S/C10H14N6O/c1-15-3-2-8(5-15)13-10(17)6-16-7-12-9(4-11)14-16/h7-8H,2-3,5-6H2,1H3,(H,13,17)/t8-/m0/s1. The second kappa shape index (κ2) is 4.93. The Morgan fingerprint density at radius 2 is 2.59 bits per heavy atom. The second-order valence-electron chi connectivity index (χ2n) is 4.19. The summed E-state index contributed by atoms with van der Waals surface area (Å²) in [6.07, 6.45) is 2.36. The number of amides is 1. The molecule has 90 valence electrons. The number of likely N-dealkylation sites (tertiary alicyclic amines) is 1. The fraction of sp³-hybridized carbons (Fsp3) is 0.600. The van der Waals surface area contributed by atoms with E-state index in [9.17, 15) is 4.79 Å². The molecule has 1 N–H and O–H groups in total. The van der Waals surface area contributed by atoms with Crippen LogP contribution in [-0.2, 0) is 11.3 Å². The third-order valence-corrected chi connectivity index (χ3v) is 2.70. The zero-order valence-electron chi connectivity index (χ0n) is 9.63. The summed E-state index contributed by atoms with van der Waals surface area (Å²) in [6, 6.07) is 2.03. The minimum Gasteiger partial charge on any atom is -0.350 e. The number of carbonyl (C=O) groups is 1. The van der Waals surface area contributed by atoms with Crippen LogP contribution < -0.4 is 5.32 Å². The van der Waals surface area contributed by atoms with Crippen LogP contribution in [0.1, 0.15) is 12.2 Å². The molecule has 2 rings (SSSR count). The highest BCUT2D eigenvalue weighted by Gasteiger charge is 2.21. The van der Waals surface area contributed by atoms with Crippen LogP contribution in [0.25, 0.3) is 0 Å². The van der Waals surface area contributed by atoms with E-state index in [0.717, 1.165) is 19.5 Å². The van der Waals surface area contributed by atoms with Gasteiger partial charge in [-0.25, -0.2) is 9.67 Å². The number of rotatable bonds is 3. The fourth-order valence-corrected chi connectivity index (χ4v) is 1.90. The largest absolute Gasteiger partial charge is 0.350 e. The van der Waals surface area contributed by atoms with Gasteiger partial charge in [0.2, 0.25) is 5.91 Å². The van der Waals surface area contributed by atoms with Gasteiger partial charge in [0, 0.05) is 12.6 Å². The van der Waals surface area contributed by atoms with Crippen LogP contribution in [0.5, 0.6) is 0 Å². The molecule has 0 unspecified atom stereocenters. The van der Waals surface area contributed by atoms with Crippen LogP contribution in [0, 0.1) is 11.3 Å². The molecule has 1 aromatic rings. The van der Waals surface area contributed by atoms with Crippen LogP contribution in [0.15, 0.2) is 6.33 Å². The molecular weight excluding hydrogens is 220 g/mol. The first kappa shape index (κ1) is 11.5. The second-order valence-corrected chi connectivity index (χ2v) is 4.19. The van der Waals surface area contributed by atoms with E-state index in [1.807, 2.05) is 13.1 Å². The van der Waals surface area contributed by atoms with Crippen molar-refractivity contribution in [3.8, 4) is 6.07 Å². The van der Waals surface area contributed by atoms with Gasteiger partial charge in [-0.15, -0.1) is 5.10 Å². The Hall–Kier alpha value is -1.94. The molecule has 1 atom stereocenters. The van der Waals surface area contributed by atoms with Crippen LogP contribution in [0.2, 0.25) is 0 Å². The number of hydrogen-bond acceptors (Lipinski definition) is 5. The third-order valence-electron chi connectivity index (χ3n) is 2.70. The van der Waals surface area contributed by atoms with Gasteiger partial charge < -0.3 is 10.2 Å². The molecular formula is C10H14N6O. The summed E-state index contributed by atoms with van der Waals surface area (Å²) in [7, 11) is 2.03. The molecule has 2 heterocycles. The summed E-state index contributed by atoms with van der Waals surface area (Å²) in [6.45, 7) is 1.99. The van der Waals surface area contributed by atoms with Crippen molar-refractivity contribution >= 4 is 5.91 Å². The quantitative estimate of drug-likeness (QED) is 0.722. The monoisotopic (exact) mass is 234 g/mol. The fourth-order valence-electron chi connectivity index (χ4n) is 1.90. The number of aromatic nitrogens is 3. The minimum atomic E-state index is -0.0975. The zero-order valence-corrected chi connectivity index (χ0v) is 9.63. The van der Waals surface area contributed by atoms with Gasteiger partial charge in [0.25, 0.3) is 5.82 Å². The molecule has 0 radical (unpaired) electrons. The molecule has 0 saturated carbocycles. The van der Waals surface area contributed by atoms with Gasteiger partial charge in [0.15, 0.2) is 0 Å².